The smallest absolute Gasteiger partial charge is 0.0622 e. The van der Waals surface area contributed by atoms with Crippen molar-refractivity contribution in [1.82, 2.24) is 4.90 Å². The maximum Gasteiger partial charge on any atom is 0.0622 e. The highest BCUT2D eigenvalue weighted by molar-refractivity contribution is 7.80. The van der Waals surface area contributed by atoms with Crippen molar-refractivity contribution >= 4 is 12.6 Å². The number of hydrogen-bond donors (Lipinski definition) is 1. The largest absolute Gasteiger partial charge is 0.378 e. The summed E-state index contributed by atoms with van der Waals surface area (Å²) in [6.07, 6.45) is 3.64. The summed E-state index contributed by atoms with van der Waals surface area (Å²) in [6, 6.07) is 0.617. The average molecular weight is 245 g/mol. The molecule has 0 bridgehead atoms. The maximum atomic E-state index is 5.56. The molecule has 0 aromatic heterocycles. The van der Waals surface area contributed by atoms with Gasteiger partial charge in [-0.2, -0.15) is 12.6 Å². The molecule has 0 amide bonds. The maximum absolute atomic E-state index is 5.56. The quantitative estimate of drug-likeness (QED) is 0.723. The van der Waals surface area contributed by atoms with E-state index in [1.165, 1.54) is 25.8 Å². The average Bonchev–Trinajstić information content (AvgIpc) is 2.36. The zero-order valence-electron chi connectivity index (χ0n) is 11.0. The molecule has 1 fully saturated rings. The second-order valence-electron chi connectivity index (χ2n) is 4.97. The van der Waals surface area contributed by atoms with Crippen LogP contribution in [0, 0.1) is 5.41 Å². The Labute approximate surface area is 106 Å². The number of ether oxygens (including phenoxy) is 1. The van der Waals surface area contributed by atoms with E-state index in [0.717, 1.165) is 25.5 Å². The molecule has 1 heterocycles. The zero-order chi connectivity index (χ0) is 12.0. The molecule has 1 unspecified atom stereocenters. The molecule has 0 aliphatic carbocycles. The Kier molecular flexibility index (Phi) is 6.16. The normalized spacial score (nSPS) is 23.6. The highest BCUT2D eigenvalue weighted by Crippen LogP contribution is 2.30. The Balaban J connectivity index is 2.61. The van der Waals surface area contributed by atoms with Crippen LogP contribution in [0.5, 0.6) is 0 Å². The van der Waals surface area contributed by atoms with Gasteiger partial charge in [0.15, 0.2) is 0 Å². The first-order chi connectivity index (χ1) is 7.71. The van der Waals surface area contributed by atoms with E-state index in [1.807, 2.05) is 0 Å². The Hall–Kier alpha value is 0.270. The van der Waals surface area contributed by atoms with Gasteiger partial charge in [-0.1, -0.05) is 20.8 Å². The first kappa shape index (κ1) is 14.3. The molecule has 96 valence electrons. The monoisotopic (exact) mass is 245 g/mol. The van der Waals surface area contributed by atoms with Crippen molar-refractivity contribution in [1.29, 1.82) is 0 Å². The molecular weight excluding hydrogens is 218 g/mol. The topological polar surface area (TPSA) is 12.5 Å². The van der Waals surface area contributed by atoms with Gasteiger partial charge < -0.3 is 4.74 Å². The molecule has 1 aliphatic heterocycles. The number of hydrogen-bond acceptors (Lipinski definition) is 3. The third kappa shape index (κ3) is 3.38. The van der Waals surface area contributed by atoms with Gasteiger partial charge in [0.05, 0.1) is 13.2 Å². The van der Waals surface area contributed by atoms with E-state index >= 15 is 0 Å². The SMILES string of the molecule is CCC1COCCN1CC(CC)(CC)CS. The van der Waals surface area contributed by atoms with Crippen molar-refractivity contribution < 1.29 is 4.74 Å². The second kappa shape index (κ2) is 6.87. The minimum absolute atomic E-state index is 0.397. The second-order valence-corrected chi connectivity index (χ2v) is 5.29. The van der Waals surface area contributed by atoms with Crippen LogP contribution in [-0.2, 0) is 4.74 Å². The van der Waals surface area contributed by atoms with Gasteiger partial charge in [0.1, 0.15) is 0 Å². The standard InChI is InChI=1S/C13H27NOS/c1-4-12-9-15-8-7-14(12)10-13(5-2,6-3)11-16/h12,16H,4-11H2,1-3H3. The van der Waals surface area contributed by atoms with Crippen molar-refractivity contribution in [3.63, 3.8) is 0 Å². The van der Waals surface area contributed by atoms with Crippen LogP contribution in [0.15, 0.2) is 0 Å². The Morgan fingerprint density at radius 3 is 2.50 bits per heavy atom. The first-order valence-electron chi connectivity index (χ1n) is 6.64. The van der Waals surface area contributed by atoms with Gasteiger partial charge in [0.25, 0.3) is 0 Å². The van der Waals surface area contributed by atoms with Gasteiger partial charge in [0.2, 0.25) is 0 Å². The van der Waals surface area contributed by atoms with Crippen LogP contribution in [0.3, 0.4) is 0 Å². The molecular formula is C13H27NOS. The van der Waals surface area contributed by atoms with E-state index in [-0.39, 0.29) is 0 Å². The summed E-state index contributed by atoms with van der Waals surface area (Å²) < 4.78 is 5.56. The summed E-state index contributed by atoms with van der Waals surface area (Å²) in [4.78, 5) is 2.62. The molecule has 1 saturated heterocycles. The summed E-state index contributed by atoms with van der Waals surface area (Å²) in [5, 5.41) is 0. The van der Waals surface area contributed by atoms with E-state index < -0.39 is 0 Å². The van der Waals surface area contributed by atoms with Crippen LogP contribution in [-0.4, -0.2) is 43.0 Å². The molecule has 0 spiro atoms. The lowest BCUT2D eigenvalue weighted by atomic mass is 9.83. The van der Waals surface area contributed by atoms with Crippen molar-refractivity contribution in [2.45, 2.75) is 46.1 Å². The fraction of sp³-hybridized carbons (Fsp3) is 1.00. The predicted octanol–water partition coefficient (Wildman–Crippen LogP) is 2.83. The summed E-state index contributed by atoms with van der Waals surface area (Å²) >= 11 is 4.56. The molecule has 16 heavy (non-hydrogen) atoms. The highest BCUT2D eigenvalue weighted by atomic mass is 32.1. The van der Waals surface area contributed by atoms with E-state index in [0.29, 0.717) is 11.5 Å². The predicted molar refractivity (Wildman–Crippen MR) is 73.3 cm³/mol. The van der Waals surface area contributed by atoms with Crippen LogP contribution in [0.2, 0.25) is 0 Å². The first-order valence-corrected chi connectivity index (χ1v) is 7.27. The summed E-state index contributed by atoms with van der Waals surface area (Å²) in [5.41, 5.74) is 0.397. The third-order valence-corrected chi connectivity index (χ3v) is 4.87. The van der Waals surface area contributed by atoms with E-state index in [2.05, 4.69) is 38.3 Å². The van der Waals surface area contributed by atoms with E-state index in [4.69, 9.17) is 4.74 Å². The van der Waals surface area contributed by atoms with Gasteiger partial charge in [-0.3, -0.25) is 4.90 Å². The van der Waals surface area contributed by atoms with Crippen LogP contribution < -0.4 is 0 Å². The molecule has 0 aromatic carbocycles. The fourth-order valence-electron chi connectivity index (χ4n) is 2.45. The van der Waals surface area contributed by atoms with Crippen molar-refractivity contribution in [2.24, 2.45) is 5.41 Å². The molecule has 0 radical (unpaired) electrons. The Morgan fingerprint density at radius 1 is 1.31 bits per heavy atom. The summed E-state index contributed by atoms with van der Waals surface area (Å²) in [5.74, 6) is 0.994. The molecule has 3 heteroatoms. The van der Waals surface area contributed by atoms with Gasteiger partial charge in [-0.05, 0) is 30.4 Å². The molecule has 0 aromatic rings. The lowest BCUT2D eigenvalue weighted by molar-refractivity contribution is -0.0263. The van der Waals surface area contributed by atoms with Gasteiger partial charge >= 0.3 is 0 Å². The molecule has 0 saturated carbocycles. The van der Waals surface area contributed by atoms with Crippen LogP contribution >= 0.6 is 12.6 Å². The van der Waals surface area contributed by atoms with E-state index in [9.17, 15) is 0 Å². The van der Waals surface area contributed by atoms with Crippen molar-refractivity contribution in [2.75, 3.05) is 32.1 Å². The minimum atomic E-state index is 0.397. The highest BCUT2D eigenvalue weighted by Gasteiger charge is 2.31. The lowest BCUT2D eigenvalue weighted by Gasteiger charge is -2.42. The molecule has 1 atom stereocenters. The minimum Gasteiger partial charge on any atom is -0.378 e. The lowest BCUT2D eigenvalue weighted by Crippen LogP contribution is -2.50. The number of morpholine rings is 1. The third-order valence-electron chi connectivity index (χ3n) is 4.19. The van der Waals surface area contributed by atoms with Crippen molar-refractivity contribution in [3.05, 3.63) is 0 Å². The Bertz CT molecular complexity index is 186. The zero-order valence-corrected chi connectivity index (χ0v) is 11.9. The number of rotatable bonds is 6. The molecule has 1 aliphatic rings. The Morgan fingerprint density at radius 2 is 2.00 bits per heavy atom. The fourth-order valence-corrected chi connectivity index (χ4v) is 3.00. The molecule has 0 N–H and O–H groups in total. The summed E-state index contributed by atoms with van der Waals surface area (Å²) in [6.45, 7) is 10.9. The van der Waals surface area contributed by atoms with Crippen LogP contribution in [0.25, 0.3) is 0 Å². The van der Waals surface area contributed by atoms with Gasteiger partial charge in [0, 0.05) is 19.1 Å². The molecule has 2 nitrogen and oxygen atoms in total. The van der Waals surface area contributed by atoms with Gasteiger partial charge in [-0.15, -0.1) is 0 Å². The van der Waals surface area contributed by atoms with Gasteiger partial charge in [-0.25, -0.2) is 0 Å². The van der Waals surface area contributed by atoms with Crippen LogP contribution in [0.4, 0.5) is 0 Å². The number of thiol groups is 1. The molecule has 1 rings (SSSR count). The summed E-state index contributed by atoms with van der Waals surface area (Å²) in [7, 11) is 0. The van der Waals surface area contributed by atoms with Crippen molar-refractivity contribution in [3.8, 4) is 0 Å². The number of nitrogens with zero attached hydrogens (tertiary/aromatic N) is 1. The van der Waals surface area contributed by atoms with E-state index in [1.54, 1.807) is 0 Å². The van der Waals surface area contributed by atoms with Crippen LogP contribution in [0.1, 0.15) is 40.0 Å².